The molecule has 26 heavy (non-hydrogen) atoms. The summed E-state index contributed by atoms with van der Waals surface area (Å²) in [6.45, 7) is 0. The lowest BCUT2D eigenvalue weighted by atomic mass is 10.2. The van der Waals surface area contributed by atoms with Gasteiger partial charge in [0.2, 0.25) is 0 Å². The van der Waals surface area contributed by atoms with Crippen LogP contribution in [0.25, 0.3) is 17.4 Å². The Bertz CT molecular complexity index is 1020. The molecule has 1 heterocycles. The van der Waals surface area contributed by atoms with Gasteiger partial charge in [0.05, 0.1) is 5.69 Å². The van der Waals surface area contributed by atoms with Crippen molar-refractivity contribution >= 4 is 33.6 Å². The third kappa shape index (κ3) is 4.08. The fraction of sp³-hybridized carbons (Fsp3) is 0. The van der Waals surface area contributed by atoms with Gasteiger partial charge in [-0.25, -0.2) is 4.39 Å². The molecule has 4 nitrogen and oxygen atoms in total. The first kappa shape index (κ1) is 17.6. The predicted octanol–water partition coefficient (Wildman–Crippen LogP) is 5.39. The molecule has 0 aliphatic rings. The van der Waals surface area contributed by atoms with Gasteiger partial charge < -0.3 is 9.73 Å². The summed E-state index contributed by atoms with van der Waals surface area (Å²) in [5, 5.41) is 12.0. The maximum absolute atomic E-state index is 13.0. The maximum atomic E-state index is 13.0. The molecule has 0 saturated carbocycles. The molecular weight excluding hydrogens is 399 g/mol. The number of nitriles is 1. The van der Waals surface area contributed by atoms with Crippen LogP contribution in [0.2, 0.25) is 0 Å². The van der Waals surface area contributed by atoms with E-state index < -0.39 is 5.91 Å². The second-order valence-electron chi connectivity index (χ2n) is 5.31. The van der Waals surface area contributed by atoms with Gasteiger partial charge in [0.25, 0.3) is 5.91 Å². The fourth-order valence-electron chi connectivity index (χ4n) is 2.24. The number of hydrogen-bond donors (Lipinski definition) is 1. The minimum absolute atomic E-state index is 0.0965. The van der Waals surface area contributed by atoms with Crippen LogP contribution in [-0.4, -0.2) is 5.91 Å². The van der Waals surface area contributed by atoms with Crippen molar-refractivity contribution in [2.75, 3.05) is 5.32 Å². The molecule has 0 bridgehead atoms. The van der Waals surface area contributed by atoms with Gasteiger partial charge in [-0.15, -0.1) is 0 Å². The van der Waals surface area contributed by atoms with E-state index in [1.165, 1.54) is 18.2 Å². The van der Waals surface area contributed by atoms with Crippen LogP contribution in [0, 0.1) is 17.1 Å². The first-order chi connectivity index (χ1) is 12.6. The van der Waals surface area contributed by atoms with E-state index in [-0.39, 0.29) is 11.4 Å². The van der Waals surface area contributed by atoms with Gasteiger partial charge in [0.15, 0.2) is 0 Å². The first-order valence-corrected chi connectivity index (χ1v) is 8.39. The lowest BCUT2D eigenvalue weighted by Crippen LogP contribution is -2.13. The van der Waals surface area contributed by atoms with Crippen LogP contribution in [0.5, 0.6) is 0 Å². The largest absolute Gasteiger partial charge is 0.457 e. The molecule has 1 amide bonds. The highest BCUT2D eigenvalue weighted by Crippen LogP contribution is 2.25. The zero-order valence-electron chi connectivity index (χ0n) is 13.4. The Balaban J connectivity index is 1.81. The number of anilines is 1. The molecule has 0 saturated heterocycles. The van der Waals surface area contributed by atoms with Crippen molar-refractivity contribution in [3.05, 3.63) is 82.3 Å². The molecule has 2 aromatic carbocycles. The van der Waals surface area contributed by atoms with Crippen LogP contribution in [0.15, 0.2) is 75.1 Å². The highest BCUT2D eigenvalue weighted by molar-refractivity contribution is 9.10. The lowest BCUT2D eigenvalue weighted by molar-refractivity contribution is -0.112. The fourth-order valence-corrected chi connectivity index (χ4v) is 2.63. The van der Waals surface area contributed by atoms with Gasteiger partial charge in [-0.3, -0.25) is 4.79 Å². The van der Waals surface area contributed by atoms with Gasteiger partial charge in [-0.1, -0.05) is 12.1 Å². The van der Waals surface area contributed by atoms with E-state index in [1.54, 1.807) is 42.5 Å². The van der Waals surface area contributed by atoms with E-state index in [1.807, 2.05) is 12.1 Å². The Morgan fingerprint density at radius 3 is 2.54 bits per heavy atom. The summed E-state index contributed by atoms with van der Waals surface area (Å²) in [6.07, 6.45) is 1.36. The summed E-state index contributed by atoms with van der Waals surface area (Å²) in [7, 11) is 0. The summed E-state index contributed by atoms with van der Waals surface area (Å²) in [5.74, 6) is -0.0158. The smallest absolute Gasteiger partial charge is 0.266 e. The molecule has 0 atom stereocenters. The van der Waals surface area contributed by atoms with Gasteiger partial charge >= 0.3 is 0 Å². The minimum atomic E-state index is -0.542. The number of amides is 1. The highest BCUT2D eigenvalue weighted by Gasteiger charge is 2.12. The average molecular weight is 411 g/mol. The third-order valence-electron chi connectivity index (χ3n) is 3.53. The predicted molar refractivity (Wildman–Crippen MR) is 100 cm³/mol. The Labute approximate surface area is 157 Å². The average Bonchev–Trinajstić information content (AvgIpc) is 3.10. The van der Waals surface area contributed by atoms with Gasteiger partial charge in [0.1, 0.15) is 29.0 Å². The molecule has 0 spiro atoms. The van der Waals surface area contributed by atoms with Crippen LogP contribution in [0.1, 0.15) is 5.76 Å². The van der Waals surface area contributed by atoms with Crippen LogP contribution >= 0.6 is 15.9 Å². The molecule has 6 heteroatoms. The van der Waals surface area contributed by atoms with E-state index in [0.717, 1.165) is 0 Å². The molecule has 0 radical (unpaired) electrons. The van der Waals surface area contributed by atoms with Gasteiger partial charge in [0, 0.05) is 16.1 Å². The summed E-state index contributed by atoms with van der Waals surface area (Å²) < 4.78 is 19.3. The summed E-state index contributed by atoms with van der Waals surface area (Å²) in [4.78, 5) is 12.3. The van der Waals surface area contributed by atoms with Crippen molar-refractivity contribution in [1.82, 2.24) is 0 Å². The molecular formula is C20H12BrFN2O2. The standard InChI is InChI=1S/C20H12BrFN2O2/c21-17-3-1-2-4-18(17)24-20(25)14(12-23)11-16-9-10-19(26-16)13-5-7-15(22)8-6-13/h1-11H,(H,24,25). The van der Waals surface area contributed by atoms with Crippen molar-refractivity contribution in [3.63, 3.8) is 0 Å². The number of para-hydroxylation sites is 1. The Morgan fingerprint density at radius 1 is 1.12 bits per heavy atom. The zero-order valence-corrected chi connectivity index (χ0v) is 15.0. The van der Waals surface area contributed by atoms with Gasteiger partial charge in [-0.2, -0.15) is 5.26 Å². The molecule has 128 valence electrons. The Hall–Kier alpha value is -3.17. The number of benzene rings is 2. The van der Waals surface area contributed by atoms with E-state index in [2.05, 4.69) is 21.2 Å². The second-order valence-corrected chi connectivity index (χ2v) is 6.17. The minimum Gasteiger partial charge on any atom is -0.457 e. The number of furan rings is 1. The molecule has 1 N–H and O–H groups in total. The number of rotatable bonds is 4. The van der Waals surface area contributed by atoms with Crippen molar-refractivity contribution in [3.8, 4) is 17.4 Å². The number of carbonyl (C=O) groups is 1. The van der Waals surface area contributed by atoms with Crippen LogP contribution in [0.4, 0.5) is 10.1 Å². The van der Waals surface area contributed by atoms with Crippen molar-refractivity contribution < 1.29 is 13.6 Å². The van der Waals surface area contributed by atoms with E-state index in [0.29, 0.717) is 27.2 Å². The van der Waals surface area contributed by atoms with Crippen LogP contribution in [-0.2, 0) is 4.79 Å². The molecule has 0 unspecified atom stereocenters. The second kappa shape index (κ2) is 7.81. The summed E-state index contributed by atoms with van der Waals surface area (Å²) >= 11 is 3.33. The Morgan fingerprint density at radius 2 is 1.85 bits per heavy atom. The molecule has 3 aromatic rings. The lowest BCUT2D eigenvalue weighted by Gasteiger charge is -2.05. The number of hydrogen-bond acceptors (Lipinski definition) is 3. The van der Waals surface area contributed by atoms with Crippen molar-refractivity contribution in [2.45, 2.75) is 0 Å². The van der Waals surface area contributed by atoms with E-state index in [4.69, 9.17) is 4.42 Å². The molecule has 3 rings (SSSR count). The number of nitrogens with one attached hydrogen (secondary N) is 1. The van der Waals surface area contributed by atoms with Gasteiger partial charge in [-0.05, 0) is 64.5 Å². The Kier molecular flexibility index (Phi) is 5.30. The van der Waals surface area contributed by atoms with Crippen LogP contribution in [0.3, 0.4) is 0 Å². The van der Waals surface area contributed by atoms with Crippen LogP contribution < -0.4 is 5.32 Å². The molecule has 0 aliphatic heterocycles. The normalized spacial score (nSPS) is 11.0. The first-order valence-electron chi connectivity index (χ1n) is 7.60. The maximum Gasteiger partial charge on any atom is 0.266 e. The highest BCUT2D eigenvalue weighted by atomic mass is 79.9. The number of halogens is 2. The van der Waals surface area contributed by atoms with E-state index in [9.17, 15) is 14.4 Å². The molecule has 0 fully saturated rings. The number of nitrogens with zero attached hydrogens (tertiary/aromatic N) is 1. The molecule has 0 aliphatic carbocycles. The topological polar surface area (TPSA) is 66.0 Å². The summed E-state index contributed by atoms with van der Waals surface area (Å²) in [6, 6.07) is 18.1. The van der Waals surface area contributed by atoms with Crippen molar-refractivity contribution in [1.29, 1.82) is 5.26 Å². The van der Waals surface area contributed by atoms with E-state index >= 15 is 0 Å². The van der Waals surface area contributed by atoms with Crippen molar-refractivity contribution in [2.24, 2.45) is 0 Å². The third-order valence-corrected chi connectivity index (χ3v) is 4.22. The molecule has 1 aromatic heterocycles. The SMILES string of the molecule is N#CC(=Cc1ccc(-c2ccc(F)cc2)o1)C(=O)Nc1ccccc1Br. The number of carbonyl (C=O) groups excluding carboxylic acids is 1. The summed E-state index contributed by atoms with van der Waals surface area (Å²) in [5.41, 5.74) is 1.16. The monoisotopic (exact) mass is 410 g/mol. The quantitative estimate of drug-likeness (QED) is 0.462. The zero-order chi connectivity index (χ0) is 18.5.